The van der Waals surface area contributed by atoms with Gasteiger partial charge in [0, 0.05) is 30.2 Å². The van der Waals surface area contributed by atoms with Gasteiger partial charge in [-0.1, -0.05) is 12.1 Å². The number of hydrogen-bond donors (Lipinski definition) is 0. The highest BCUT2D eigenvalue weighted by Gasteiger charge is 2.05. The summed E-state index contributed by atoms with van der Waals surface area (Å²) in [7, 11) is 4.10. The van der Waals surface area contributed by atoms with Gasteiger partial charge in [0.15, 0.2) is 6.29 Å². The van der Waals surface area contributed by atoms with Crippen LogP contribution in [0.15, 0.2) is 30.5 Å². The number of benzene rings is 1. The van der Waals surface area contributed by atoms with E-state index < -0.39 is 0 Å². The highest BCUT2D eigenvalue weighted by Crippen LogP contribution is 2.18. The molecule has 0 N–H and O–H groups in total. The van der Waals surface area contributed by atoms with Gasteiger partial charge in [-0.15, -0.1) is 0 Å². The molecule has 16 heavy (non-hydrogen) atoms. The maximum absolute atomic E-state index is 11.0. The van der Waals surface area contributed by atoms with Crippen LogP contribution < -0.4 is 0 Å². The van der Waals surface area contributed by atoms with Crippen molar-refractivity contribution >= 4 is 17.2 Å². The molecule has 0 saturated heterocycles. The van der Waals surface area contributed by atoms with E-state index in [1.54, 1.807) is 0 Å². The molecule has 0 aliphatic carbocycles. The molecule has 0 spiro atoms. The second kappa shape index (κ2) is 4.49. The predicted molar refractivity (Wildman–Crippen MR) is 65.9 cm³/mol. The Hall–Kier alpha value is -1.61. The van der Waals surface area contributed by atoms with Crippen LogP contribution in [0.2, 0.25) is 0 Å². The van der Waals surface area contributed by atoms with Crippen LogP contribution in [0, 0.1) is 0 Å². The maximum Gasteiger partial charge on any atom is 0.152 e. The summed E-state index contributed by atoms with van der Waals surface area (Å²) < 4.78 is 2.14. The van der Waals surface area contributed by atoms with Gasteiger partial charge in [0.25, 0.3) is 0 Å². The average molecular weight is 216 g/mol. The van der Waals surface area contributed by atoms with Crippen LogP contribution in [0.1, 0.15) is 10.4 Å². The zero-order valence-electron chi connectivity index (χ0n) is 9.68. The second-order valence-electron chi connectivity index (χ2n) is 4.22. The van der Waals surface area contributed by atoms with E-state index >= 15 is 0 Å². The monoisotopic (exact) mass is 216 g/mol. The summed E-state index contributed by atoms with van der Waals surface area (Å²) in [5, 5.41) is 1.13. The van der Waals surface area contributed by atoms with Crippen LogP contribution in [-0.4, -0.2) is 36.4 Å². The number of rotatable bonds is 4. The minimum absolute atomic E-state index is 0.765. The van der Waals surface area contributed by atoms with Gasteiger partial charge < -0.3 is 9.47 Å². The Kier molecular flexibility index (Phi) is 3.06. The van der Waals surface area contributed by atoms with Crippen molar-refractivity contribution in [1.82, 2.24) is 9.47 Å². The van der Waals surface area contributed by atoms with Gasteiger partial charge in [-0.25, -0.2) is 0 Å². The van der Waals surface area contributed by atoms with E-state index in [0.29, 0.717) is 0 Å². The van der Waals surface area contributed by atoms with Crippen molar-refractivity contribution < 1.29 is 4.79 Å². The molecule has 0 saturated carbocycles. The molecule has 0 aliphatic heterocycles. The first kappa shape index (κ1) is 10.9. The van der Waals surface area contributed by atoms with Crippen molar-refractivity contribution in [1.29, 1.82) is 0 Å². The van der Waals surface area contributed by atoms with Gasteiger partial charge in [0.05, 0.1) is 5.52 Å². The second-order valence-corrected chi connectivity index (χ2v) is 4.22. The molecule has 1 heterocycles. The fourth-order valence-corrected chi connectivity index (χ4v) is 1.88. The fraction of sp³-hybridized carbons (Fsp3) is 0.308. The number of aromatic nitrogens is 1. The maximum atomic E-state index is 11.0. The van der Waals surface area contributed by atoms with Crippen molar-refractivity contribution in [3.05, 3.63) is 36.0 Å². The molecule has 0 amide bonds. The Bertz CT molecular complexity index is 500. The lowest BCUT2D eigenvalue weighted by Gasteiger charge is -2.11. The SMILES string of the molecule is CN(C)CCn1ccc2cccc(C=O)c21. The molecule has 2 aromatic rings. The topological polar surface area (TPSA) is 25.2 Å². The van der Waals surface area contributed by atoms with E-state index in [1.807, 2.05) is 38.5 Å². The van der Waals surface area contributed by atoms with Crippen LogP contribution in [-0.2, 0) is 6.54 Å². The molecule has 0 unspecified atom stereocenters. The van der Waals surface area contributed by atoms with Gasteiger partial charge in [-0.2, -0.15) is 0 Å². The van der Waals surface area contributed by atoms with Crippen LogP contribution in [0.4, 0.5) is 0 Å². The van der Waals surface area contributed by atoms with E-state index in [9.17, 15) is 4.79 Å². The smallest absolute Gasteiger partial charge is 0.152 e. The Morgan fingerprint density at radius 3 is 2.81 bits per heavy atom. The average Bonchev–Trinajstić information content (AvgIpc) is 2.69. The third-order valence-electron chi connectivity index (χ3n) is 2.73. The highest BCUT2D eigenvalue weighted by atomic mass is 16.1. The molecule has 0 aliphatic rings. The van der Waals surface area contributed by atoms with Gasteiger partial charge in [0.2, 0.25) is 0 Å². The van der Waals surface area contributed by atoms with Crippen molar-refractivity contribution in [2.24, 2.45) is 0 Å². The lowest BCUT2D eigenvalue weighted by Crippen LogP contribution is -2.18. The molecule has 1 aromatic carbocycles. The van der Waals surface area contributed by atoms with Gasteiger partial charge in [-0.05, 0) is 26.2 Å². The Balaban J connectivity index is 2.41. The van der Waals surface area contributed by atoms with E-state index in [2.05, 4.69) is 15.5 Å². The Morgan fingerprint density at radius 2 is 2.12 bits per heavy atom. The predicted octanol–water partition coefficient (Wildman–Crippen LogP) is 2.02. The molecule has 0 radical (unpaired) electrons. The minimum atomic E-state index is 0.765. The third kappa shape index (κ3) is 1.99. The summed E-state index contributed by atoms with van der Waals surface area (Å²) in [5.74, 6) is 0. The van der Waals surface area contributed by atoms with Crippen molar-refractivity contribution in [3.8, 4) is 0 Å². The molecule has 0 fully saturated rings. The number of fused-ring (bicyclic) bond motifs is 1. The molecule has 3 heteroatoms. The van der Waals surface area contributed by atoms with Crippen LogP contribution in [0.25, 0.3) is 10.9 Å². The summed E-state index contributed by atoms with van der Waals surface area (Å²) in [6.45, 7) is 1.87. The zero-order chi connectivity index (χ0) is 11.5. The van der Waals surface area contributed by atoms with Gasteiger partial charge >= 0.3 is 0 Å². The lowest BCUT2D eigenvalue weighted by atomic mass is 10.1. The Morgan fingerprint density at radius 1 is 1.31 bits per heavy atom. The first-order valence-corrected chi connectivity index (χ1v) is 5.40. The van der Waals surface area contributed by atoms with Crippen molar-refractivity contribution in [3.63, 3.8) is 0 Å². The molecule has 3 nitrogen and oxygen atoms in total. The first-order valence-electron chi connectivity index (χ1n) is 5.40. The van der Waals surface area contributed by atoms with Crippen molar-refractivity contribution in [2.45, 2.75) is 6.54 Å². The number of carbonyl (C=O) groups is 1. The quantitative estimate of drug-likeness (QED) is 0.730. The largest absolute Gasteiger partial charge is 0.346 e. The standard InChI is InChI=1S/C13H16N2O/c1-14(2)8-9-15-7-6-11-4-3-5-12(10-16)13(11)15/h3-7,10H,8-9H2,1-2H3. The molecule has 0 atom stereocenters. The molecule has 1 aromatic heterocycles. The highest BCUT2D eigenvalue weighted by molar-refractivity contribution is 5.96. The van der Waals surface area contributed by atoms with Crippen molar-refractivity contribution in [2.75, 3.05) is 20.6 Å². The van der Waals surface area contributed by atoms with Crippen LogP contribution in [0.3, 0.4) is 0 Å². The molecular formula is C13H16N2O. The number of likely N-dealkylation sites (N-methyl/N-ethyl adjacent to an activating group) is 1. The zero-order valence-corrected chi connectivity index (χ0v) is 9.68. The number of carbonyl (C=O) groups excluding carboxylic acids is 1. The molecule has 84 valence electrons. The summed E-state index contributed by atoms with van der Waals surface area (Å²) in [4.78, 5) is 13.1. The number of para-hydroxylation sites is 1. The molecule has 0 bridgehead atoms. The lowest BCUT2D eigenvalue weighted by molar-refractivity contribution is 0.112. The van der Waals surface area contributed by atoms with E-state index in [-0.39, 0.29) is 0 Å². The van der Waals surface area contributed by atoms with E-state index in [1.165, 1.54) is 0 Å². The van der Waals surface area contributed by atoms with Gasteiger partial charge in [0.1, 0.15) is 0 Å². The van der Waals surface area contributed by atoms with Crippen LogP contribution >= 0.6 is 0 Å². The summed E-state index contributed by atoms with van der Waals surface area (Å²) >= 11 is 0. The minimum Gasteiger partial charge on any atom is -0.346 e. The van der Waals surface area contributed by atoms with E-state index in [0.717, 1.165) is 35.8 Å². The molecule has 2 rings (SSSR count). The fourth-order valence-electron chi connectivity index (χ4n) is 1.88. The Labute approximate surface area is 95.3 Å². The summed E-state index contributed by atoms with van der Waals surface area (Å²) in [6, 6.07) is 7.87. The first-order chi connectivity index (χ1) is 7.72. The van der Waals surface area contributed by atoms with Crippen LogP contribution in [0.5, 0.6) is 0 Å². The summed E-state index contributed by atoms with van der Waals surface area (Å²) in [5.41, 5.74) is 1.81. The number of nitrogens with zero attached hydrogens (tertiary/aromatic N) is 2. The molecular weight excluding hydrogens is 200 g/mol. The normalized spacial score (nSPS) is 11.2. The number of hydrogen-bond acceptors (Lipinski definition) is 2. The van der Waals surface area contributed by atoms with Gasteiger partial charge in [-0.3, -0.25) is 4.79 Å². The summed E-state index contributed by atoms with van der Waals surface area (Å²) in [6.07, 6.45) is 2.97. The number of aldehydes is 1. The third-order valence-corrected chi connectivity index (χ3v) is 2.73. The van der Waals surface area contributed by atoms with E-state index in [4.69, 9.17) is 0 Å².